The molecule has 32 heavy (non-hydrogen) atoms. The number of furan rings is 1. The Labute approximate surface area is 192 Å². The van der Waals surface area contributed by atoms with Gasteiger partial charge in [-0.3, -0.25) is 9.89 Å². The van der Waals surface area contributed by atoms with Crippen LogP contribution in [0, 0.1) is 5.92 Å². The van der Waals surface area contributed by atoms with Gasteiger partial charge in [-0.15, -0.1) is 0 Å². The molecule has 3 saturated heterocycles. The third-order valence-corrected chi connectivity index (χ3v) is 6.72. The van der Waals surface area contributed by atoms with Crippen molar-refractivity contribution in [2.75, 3.05) is 78.8 Å². The molecule has 1 aromatic heterocycles. The maximum Gasteiger partial charge on any atom is 0.191 e. The van der Waals surface area contributed by atoms with Crippen molar-refractivity contribution in [1.82, 2.24) is 20.4 Å². The van der Waals surface area contributed by atoms with Gasteiger partial charge in [-0.2, -0.15) is 0 Å². The third kappa shape index (κ3) is 8.06. The molecule has 0 radical (unpaired) electrons. The second-order valence-corrected chi connectivity index (χ2v) is 9.24. The highest BCUT2D eigenvalue weighted by Gasteiger charge is 2.24. The molecule has 0 spiro atoms. The second-order valence-electron chi connectivity index (χ2n) is 9.24. The highest BCUT2D eigenvalue weighted by atomic mass is 16.5. The number of nitrogens with zero attached hydrogens (tertiary/aromatic N) is 3. The number of rotatable bonds is 10. The number of morpholine rings is 1. The summed E-state index contributed by atoms with van der Waals surface area (Å²) >= 11 is 0. The lowest BCUT2D eigenvalue weighted by molar-refractivity contribution is 0.0377. The lowest BCUT2D eigenvalue weighted by atomic mass is 10.0. The summed E-state index contributed by atoms with van der Waals surface area (Å²) in [5.74, 6) is 2.68. The van der Waals surface area contributed by atoms with Crippen LogP contribution in [0.15, 0.2) is 27.8 Å². The summed E-state index contributed by atoms with van der Waals surface area (Å²) in [6, 6.07) is 4.46. The van der Waals surface area contributed by atoms with Gasteiger partial charge in [0.2, 0.25) is 0 Å². The van der Waals surface area contributed by atoms with Gasteiger partial charge < -0.3 is 29.4 Å². The van der Waals surface area contributed by atoms with E-state index in [0.29, 0.717) is 6.04 Å². The molecule has 3 aliphatic heterocycles. The van der Waals surface area contributed by atoms with Crippen molar-refractivity contribution in [1.29, 1.82) is 0 Å². The number of ether oxygens (including phenoxy) is 2. The Morgan fingerprint density at radius 3 is 2.66 bits per heavy atom. The molecule has 0 amide bonds. The number of likely N-dealkylation sites (tertiary alicyclic amines) is 1. The zero-order valence-corrected chi connectivity index (χ0v) is 19.5. The quantitative estimate of drug-likeness (QED) is 0.320. The first-order valence-corrected chi connectivity index (χ1v) is 12.5. The highest BCUT2D eigenvalue weighted by Crippen LogP contribution is 2.17. The molecule has 3 fully saturated rings. The molecule has 1 atom stereocenters. The average molecular weight is 448 g/mol. The Morgan fingerprint density at radius 1 is 1.03 bits per heavy atom. The molecule has 1 unspecified atom stereocenters. The van der Waals surface area contributed by atoms with Gasteiger partial charge in [0.05, 0.1) is 26.1 Å². The summed E-state index contributed by atoms with van der Waals surface area (Å²) in [6.45, 7) is 12.0. The fraction of sp³-hybridized carbons (Fsp3) is 0.792. The first kappa shape index (κ1) is 23.5. The zero-order chi connectivity index (χ0) is 21.8. The van der Waals surface area contributed by atoms with E-state index in [0.717, 1.165) is 103 Å². The summed E-state index contributed by atoms with van der Waals surface area (Å²) in [5.41, 5.74) is 0. The molecular weight excluding hydrogens is 406 g/mol. The normalized spacial score (nSPS) is 24.1. The highest BCUT2D eigenvalue weighted by molar-refractivity contribution is 5.80. The third-order valence-electron chi connectivity index (χ3n) is 6.72. The summed E-state index contributed by atoms with van der Waals surface area (Å²) < 4.78 is 16.5. The van der Waals surface area contributed by atoms with Gasteiger partial charge in [-0.1, -0.05) is 0 Å². The molecule has 0 aliphatic carbocycles. The predicted molar refractivity (Wildman–Crippen MR) is 126 cm³/mol. The Morgan fingerprint density at radius 2 is 1.91 bits per heavy atom. The standard InChI is InChI=1S/C24H41N5O3/c1-3-23(32-15-1)4-9-26-24(25-8-2-10-28-13-17-30-18-14-28)27-22-5-11-29(12-6-22)19-21-7-16-31-20-21/h1,3,15,21-22H,2,4-14,16-20H2,(H2,25,26,27). The number of hydrogen-bond acceptors (Lipinski definition) is 6. The molecule has 8 heteroatoms. The van der Waals surface area contributed by atoms with E-state index in [9.17, 15) is 0 Å². The summed E-state index contributed by atoms with van der Waals surface area (Å²) in [5, 5.41) is 7.24. The minimum atomic E-state index is 0.486. The van der Waals surface area contributed by atoms with Crippen molar-refractivity contribution >= 4 is 5.96 Å². The van der Waals surface area contributed by atoms with Gasteiger partial charge >= 0.3 is 0 Å². The lowest BCUT2D eigenvalue weighted by Gasteiger charge is -2.34. The Bertz CT molecular complexity index is 649. The van der Waals surface area contributed by atoms with Crippen LogP contribution in [0.3, 0.4) is 0 Å². The molecule has 0 aromatic carbocycles. The van der Waals surface area contributed by atoms with Gasteiger partial charge in [0.15, 0.2) is 5.96 Å². The van der Waals surface area contributed by atoms with E-state index in [1.165, 1.54) is 25.8 Å². The monoisotopic (exact) mass is 447 g/mol. The van der Waals surface area contributed by atoms with Crippen molar-refractivity contribution in [3.8, 4) is 0 Å². The van der Waals surface area contributed by atoms with Crippen LogP contribution in [0.1, 0.15) is 31.4 Å². The van der Waals surface area contributed by atoms with Crippen LogP contribution in [-0.2, 0) is 15.9 Å². The Hall–Kier alpha value is -1.61. The van der Waals surface area contributed by atoms with Crippen molar-refractivity contribution in [2.24, 2.45) is 10.9 Å². The number of hydrogen-bond donors (Lipinski definition) is 2. The number of nitrogens with one attached hydrogen (secondary N) is 2. The average Bonchev–Trinajstić information content (AvgIpc) is 3.53. The molecule has 0 bridgehead atoms. The van der Waals surface area contributed by atoms with E-state index >= 15 is 0 Å². The molecule has 1 aromatic rings. The fourth-order valence-electron chi connectivity index (χ4n) is 4.77. The Balaban J connectivity index is 1.20. The summed E-state index contributed by atoms with van der Waals surface area (Å²) in [4.78, 5) is 9.98. The maximum absolute atomic E-state index is 5.54. The Kier molecular flexibility index (Phi) is 9.70. The van der Waals surface area contributed by atoms with Crippen LogP contribution in [0.25, 0.3) is 0 Å². The van der Waals surface area contributed by atoms with Gasteiger partial charge in [0.25, 0.3) is 0 Å². The second kappa shape index (κ2) is 13.2. The van der Waals surface area contributed by atoms with Gasteiger partial charge in [0.1, 0.15) is 5.76 Å². The minimum absolute atomic E-state index is 0.486. The van der Waals surface area contributed by atoms with Crippen molar-refractivity contribution in [2.45, 2.75) is 38.1 Å². The molecule has 8 nitrogen and oxygen atoms in total. The molecular formula is C24H41N5O3. The number of guanidine groups is 1. The van der Waals surface area contributed by atoms with Crippen molar-refractivity contribution in [3.63, 3.8) is 0 Å². The predicted octanol–water partition coefficient (Wildman–Crippen LogP) is 1.58. The minimum Gasteiger partial charge on any atom is -0.469 e. The zero-order valence-electron chi connectivity index (χ0n) is 19.5. The van der Waals surface area contributed by atoms with Crippen molar-refractivity contribution < 1.29 is 13.9 Å². The van der Waals surface area contributed by atoms with E-state index in [1.54, 1.807) is 6.26 Å². The first-order chi connectivity index (χ1) is 15.8. The molecule has 180 valence electrons. The van der Waals surface area contributed by atoms with Crippen LogP contribution < -0.4 is 10.6 Å². The summed E-state index contributed by atoms with van der Waals surface area (Å²) in [6.07, 6.45) is 7.23. The van der Waals surface area contributed by atoms with E-state index in [4.69, 9.17) is 18.9 Å². The van der Waals surface area contributed by atoms with Crippen molar-refractivity contribution in [3.05, 3.63) is 24.2 Å². The SMILES string of the molecule is c1coc(CCNC(=NCCCN2CCOCC2)NC2CCN(CC3CCOC3)CC2)c1. The van der Waals surface area contributed by atoms with Crippen LogP contribution in [0.5, 0.6) is 0 Å². The van der Waals surface area contributed by atoms with Gasteiger partial charge in [0, 0.05) is 71.4 Å². The van der Waals surface area contributed by atoms with E-state index < -0.39 is 0 Å². The van der Waals surface area contributed by atoms with Gasteiger partial charge in [-0.25, -0.2) is 0 Å². The maximum atomic E-state index is 5.54. The molecule has 4 heterocycles. The fourth-order valence-corrected chi connectivity index (χ4v) is 4.77. The van der Waals surface area contributed by atoms with E-state index in [-0.39, 0.29) is 0 Å². The largest absolute Gasteiger partial charge is 0.469 e. The van der Waals surface area contributed by atoms with E-state index in [1.807, 2.05) is 12.1 Å². The van der Waals surface area contributed by atoms with E-state index in [2.05, 4.69) is 20.4 Å². The smallest absolute Gasteiger partial charge is 0.191 e. The van der Waals surface area contributed by atoms with Gasteiger partial charge in [-0.05, 0) is 43.7 Å². The van der Waals surface area contributed by atoms with Crippen LogP contribution in [0.4, 0.5) is 0 Å². The molecule has 4 rings (SSSR count). The topological polar surface area (TPSA) is 74.5 Å². The number of aliphatic imine (C=N–C) groups is 1. The summed E-state index contributed by atoms with van der Waals surface area (Å²) in [7, 11) is 0. The number of piperidine rings is 1. The lowest BCUT2D eigenvalue weighted by Crippen LogP contribution is -2.49. The first-order valence-electron chi connectivity index (χ1n) is 12.5. The van der Waals surface area contributed by atoms with Crippen LogP contribution in [0.2, 0.25) is 0 Å². The van der Waals surface area contributed by atoms with Crippen LogP contribution in [-0.4, -0.2) is 101 Å². The molecule has 0 saturated carbocycles. The van der Waals surface area contributed by atoms with Crippen LogP contribution >= 0.6 is 0 Å². The molecule has 3 aliphatic rings. The molecule has 2 N–H and O–H groups in total.